The molecule has 3 rings (SSSR count). The summed E-state index contributed by atoms with van der Waals surface area (Å²) in [6, 6.07) is 17.5. The van der Waals surface area contributed by atoms with Crippen LogP contribution in [-0.2, 0) is 4.79 Å². The molecule has 0 saturated heterocycles. The van der Waals surface area contributed by atoms with Gasteiger partial charge in [-0.3, -0.25) is 14.9 Å². The molecule has 6 nitrogen and oxygen atoms in total. The van der Waals surface area contributed by atoms with Crippen molar-refractivity contribution in [2.45, 2.75) is 13.0 Å². The Morgan fingerprint density at radius 3 is 2.56 bits per heavy atom. The lowest BCUT2D eigenvalue weighted by atomic mass is 10.0. The molecule has 0 spiro atoms. The van der Waals surface area contributed by atoms with E-state index in [1.165, 1.54) is 12.1 Å². The Morgan fingerprint density at radius 2 is 1.89 bits per heavy atom. The lowest BCUT2D eigenvalue weighted by Crippen LogP contribution is -2.33. The summed E-state index contributed by atoms with van der Waals surface area (Å²) in [5, 5.41) is 15.9. The first-order valence-electron chi connectivity index (χ1n) is 8.30. The van der Waals surface area contributed by atoms with Gasteiger partial charge in [0.2, 0.25) is 0 Å². The number of benzene rings is 2. The number of thiophene rings is 1. The van der Waals surface area contributed by atoms with Crippen LogP contribution >= 0.6 is 11.3 Å². The number of nitrogens with one attached hydrogen (secondary N) is 1. The van der Waals surface area contributed by atoms with Crippen LogP contribution in [0.4, 0.5) is 5.69 Å². The molecule has 0 fully saturated rings. The van der Waals surface area contributed by atoms with Crippen LogP contribution in [-0.4, -0.2) is 17.4 Å². The fraction of sp³-hybridized carbons (Fsp3) is 0.150. The van der Waals surface area contributed by atoms with Gasteiger partial charge in [0.15, 0.2) is 12.4 Å². The van der Waals surface area contributed by atoms with Crippen molar-refractivity contribution in [2.24, 2.45) is 0 Å². The van der Waals surface area contributed by atoms with Crippen molar-refractivity contribution in [3.8, 4) is 5.75 Å². The monoisotopic (exact) mass is 382 g/mol. The second-order valence-electron chi connectivity index (χ2n) is 5.94. The zero-order valence-corrected chi connectivity index (χ0v) is 15.4. The number of rotatable bonds is 7. The molecule has 0 radical (unpaired) electrons. The maximum absolute atomic E-state index is 12.4. The maximum atomic E-state index is 12.4. The van der Waals surface area contributed by atoms with Gasteiger partial charge in [-0.1, -0.05) is 48.0 Å². The first-order valence-corrected chi connectivity index (χ1v) is 9.18. The second-order valence-corrected chi connectivity index (χ2v) is 6.92. The molecule has 138 valence electrons. The van der Waals surface area contributed by atoms with E-state index in [0.717, 1.165) is 16.0 Å². The van der Waals surface area contributed by atoms with Crippen molar-refractivity contribution >= 4 is 22.9 Å². The predicted octanol–water partition coefficient (Wildman–Crippen LogP) is 4.25. The topological polar surface area (TPSA) is 81.5 Å². The molecule has 7 heteroatoms. The lowest BCUT2D eigenvalue weighted by Gasteiger charge is -2.18. The second kappa shape index (κ2) is 8.46. The number of para-hydroxylation sites is 2. The van der Waals surface area contributed by atoms with Gasteiger partial charge in [-0.25, -0.2) is 0 Å². The SMILES string of the molecule is Cc1ccc(C(NC(=O)COc2ccccc2[N+](=O)[O-])c2cccs2)cc1. The summed E-state index contributed by atoms with van der Waals surface area (Å²) in [7, 11) is 0. The Balaban J connectivity index is 1.72. The highest BCUT2D eigenvalue weighted by atomic mass is 32.1. The normalized spacial score (nSPS) is 11.6. The summed E-state index contributed by atoms with van der Waals surface area (Å²) >= 11 is 1.55. The molecular weight excluding hydrogens is 364 g/mol. The summed E-state index contributed by atoms with van der Waals surface area (Å²) in [6.45, 7) is 1.70. The number of ether oxygens (including phenoxy) is 1. The molecule has 27 heavy (non-hydrogen) atoms. The van der Waals surface area contributed by atoms with Crippen molar-refractivity contribution in [3.05, 3.63) is 92.2 Å². The number of amides is 1. The van der Waals surface area contributed by atoms with E-state index < -0.39 is 4.92 Å². The van der Waals surface area contributed by atoms with Crippen molar-refractivity contribution < 1.29 is 14.5 Å². The van der Waals surface area contributed by atoms with Crippen LogP contribution in [0.3, 0.4) is 0 Å². The number of nitro groups is 1. The van der Waals surface area contributed by atoms with Gasteiger partial charge < -0.3 is 10.1 Å². The molecule has 0 bridgehead atoms. The number of aryl methyl sites for hydroxylation is 1. The summed E-state index contributed by atoms with van der Waals surface area (Å²) in [4.78, 5) is 23.9. The van der Waals surface area contributed by atoms with Crippen LogP contribution < -0.4 is 10.1 Å². The largest absolute Gasteiger partial charge is 0.477 e. The molecule has 0 saturated carbocycles. The third-order valence-corrected chi connectivity index (χ3v) is 4.90. The Kier molecular flexibility index (Phi) is 5.83. The highest BCUT2D eigenvalue weighted by Crippen LogP contribution is 2.27. The number of nitro benzene ring substituents is 1. The van der Waals surface area contributed by atoms with Crippen LogP contribution in [0.1, 0.15) is 22.0 Å². The van der Waals surface area contributed by atoms with E-state index in [4.69, 9.17) is 4.74 Å². The quantitative estimate of drug-likeness (QED) is 0.489. The summed E-state index contributed by atoms with van der Waals surface area (Å²) in [6.07, 6.45) is 0. The van der Waals surface area contributed by atoms with E-state index in [1.54, 1.807) is 23.5 Å². The minimum atomic E-state index is -0.534. The first-order chi connectivity index (χ1) is 13.0. The van der Waals surface area contributed by atoms with Crippen molar-refractivity contribution in [1.82, 2.24) is 5.32 Å². The molecular formula is C20H18N2O4S. The maximum Gasteiger partial charge on any atom is 0.310 e. The van der Waals surface area contributed by atoms with Crippen molar-refractivity contribution in [1.29, 1.82) is 0 Å². The number of hydrogen-bond acceptors (Lipinski definition) is 5. The van der Waals surface area contributed by atoms with Crippen LogP contribution in [0.25, 0.3) is 0 Å². The van der Waals surface area contributed by atoms with E-state index in [2.05, 4.69) is 5.32 Å². The Morgan fingerprint density at radius 1 is 1.15 bits per heavy atom. The summed E-state index contributed by atoms with van der Waals surface area (Å²) in [5.74, 6) is -0.284. The zero-order chi connectivity index (χ0) is 19.2. The molecule has 3 aromatic rings. The average molecular weight is 382 g/mol. The standard InChI is InChI=1S/C20H18N2O4S/c1-14-8-10-15(11-9-14)20(18-7-4-12-27-18)21-19(23)13-26-17-6-3-2-5-16(17)22(24)25/h2-12,20H,13H2,1H3,(H,21,23). The third kappa shape index (κ3) is 4.71. The van der Waals surface area contributed by atoms with Crippen molar-refractivity contribution in [3.63, 3.8) is 0 Å². The van der Waals surface area contributed by atoms with E-state index in [1.807, 2.05) is 48.7 Å². The summed E-state index contributed by atoms with van der Waals surface area (Å²) < 4.78 is 5.38. The molecule has 0 aliphatic carbocycles. The Labute approximate surface area is 160 Å². The van der Waals surface area contributed by atoms with Crippen LogP contribution in [0.15, 0.2) is 66.0 Å². The molecule has 1 atom stereocenters. The fourth-order valence-corrected chi connectivity index (χ4v) is 3.41. The predicted molar refractivity (Wildman–Crippen MR) is 104 cm³/mol. The van der Waals surface area contributed by atoms with Gasteiger partial charge >= 0.3 is 5.69 Å². The lowest BCUT2D eigenvalue weighted by molar-refractivity contribution is -0.385. The Bertz CT molecular complexity index is 923. The molecule has 1 N–H and O–H groups in total. The Hall–Kier alpha value is -3.19. The smallest absolute Gasteiger partial charge is 0.310 e. The molecule has 0 aliphatic heterocycles. The number of hydrogen-bond donors (Lipinski definition) is 1. The highest BCUT2D eigenvalue weighted by Gasteiger charge is 2.20. The van der Waals surface area contributed by atoms with Gasteiger partial charge in [0.1, 0.15) is 0 Å². The molecule has 0 aliphatic rings. The third-order valence-electron chi connectivity index (χ3n) is 3.96. The molecule has 2 aromatic carbocycles. The van der Waals surface area contributed by atoms with Gasteiger partial charge in [-0.2, -0.15) is 0 Å². The van der Waals surface area contributed by atoms with Crippen LogP contribution in [0.2, 0.25) is 0 Å². The molecule has 1 aromatic heterocycles. The van der Waals surface area contributed by atoms with Gasteiger partial charge in [0.25, 0.3) is 5.91 Å². The number of carbonyl (C=O) groups is 1. The van der Waals surface area contributed by atoms with Gasteiger partial charge in [-0.05, 0) is 30.0 Å². The minimum absolute atomic E-state index is 0.0701. The van der Waals surface area contributed by atoms with Crippen LogP contribution in [0.5, 0.6) is 5.75 Å². The molecule has 1 unspecified atom stereocenters. The van der Waals surface area contributed by atoms with E-state index in [-0.39, 0.29) is 30.0 Å². The summed E-state index contributed by atoms with van der Waals surface area (Å²) in [5.41, 5.74) is 1.93. The number of nitrogens with zero attached hydrogens (tertiary/aromatic N) is 1. The van der Waals surface area contributed by atoms with E-state index in [9.17, 15) is 14.9 Å². The van der Waals surface area contributed by atoms with Gasteiger partial charge in [0, 0.05) is 10.9 Å². The van der Waals surface area contributed by atoms with E-state index in [0.29, 0.717) is 0 Å². The highest BCUT2D eigenvalue weighted by molar-refractivity contribution is 7.10. The number of carbonyl (C=O) groups excluding carboxylic acids is 1. The first kappa shape index (κ1) is 18.6. The fourth-order valence-electron chi connectivity index (χ4n) is 2.61. The van der Waals surface area contributed by atoms with E-state index >= 15 is 0 Å². The molecule has 1 heterocycles. The van der Waals surface area contributed by atoms with Gasteiger partial charge in [-0.15, -0.1) is 11.3 Å². The van der Waals surface area contributed by atoms with Crippen molar-refractivity contribution in [2.75, 3.05) is 6.61 Å². The molecule has 1 amide bonds. The average Bonchev–Trinajstić information content (AvgIpc) is 3.20. The minimum Gasteiger partial charge on any atom is -0.477 e. The van der Waals surface area contributed by atoms with Crippen LogP contribution in [0, 0.1) is 17.0 Å². The zero-order valence-electron chi connectivity index (χ0n) is 14.6. The van der Waals surface area contributed by atoms with Gasteiger partial charge in [0.05, 0.1) is 11.0 Å².